The van der Waals surface area contributed by atoms with Crippen molar-refractivity contribution in [1.82, 2.24) is 19.2 Å². The molecule has 0 bridgehead atoms. The van der Waals surface area contributed by atoms with Gasteiger partial charge in [-0.3, -0.25) is 9.47 Å². The minimum absolute atomic E-state index is 0.727. The Bertz CT molecular complexity index is 970. The molecule has 1 aromatic heterocycles. The van der Waals surface area contributed by atoms with Crippen molar-refractivity contribution in [3.05, 3.63) is 75.8 Å². The van der Waals surface area contributed by atoms with E-state index in [2.05, 4.69) is 66.3 Å². The number of nitrogens with zero attached hydrogens (tertiary/aromatic N) is 4. The summed E-state index contributed by atoms with van der Waals surface area (Å²) in [5, 5.41) is 4.55. The highest BCUT2D eigenvalue weighted by Crippen LogP contribution is 2.20. The average Bonchev–Trinajstić information content (AvgIpc) is 2.97. The summed E-state index contributed by atoms with van der Waals surface area (Å²) in [5.74, 6) is 0. The van der Waals surface area contributed by atoms with E-state index in [-0.39, 0.29) is 0 Å². The zero-order chi connectivity index (χ0) is 17.4. The van der Waals surface area contributed by atoms with E-state index in [0.717, 1.165) is 36.6 Å². The molecule has 0 N–H and O–H groups in total. The molecule has 0 aliphatic carbocycles. The number of aryl methyl sites for hydroxylation is 2. The van der Waals surface area contributed by atoms with Crippen molar-refractivity contribution in [3.63, 3.8) is 0 Å². The zero-order valence-corrected chi connectivity index (χ0v) is 15.5. The van der Waals surface area contributed by atoms with Crippen molar-refractivity contribution in [2.45, 2.75) is 33.5 Å². The fraction of sp³-hybridized carbons (Fsp3) is 0.300. The van der Waals surface area contributed by atoms with Crippen molar-refractivity contribution in [1.29, 1.82) is 0 Å². The first-order valence-corrected chi connectivity index (χ1v) is 9.04. The van der Waals surface area contributed by atoms with E-state index in [1.807, 2.05) is 15.6 Å². The van der Waals surface area contributed by atoms with E-state index in [1.165, 1.54) is 22.3 Å². The summed E-state index contributed by atoms with van der Waals surface area (Å²) in [5.41, 5.74) is 6.41. The van der Waals surface area contributed by atoms with Crippen LogP contribution in [0.4, 0.5) is 0 Å². The summed E-state index contributed by atoms with van der Waals surface area (Å²) >= 11 is 5.69. The first-order valence-electron chi connectivity index (χ1n) is 8.63. The van der Waals surface area contributed by atoms with Gasteiger partial charge in [0.1, 0.15) is 6.33 Å². The van der Waals surface area contributed by atoms with Gasteiger partial charge in [0, 0.05) is 13.1 Å². The highest BCUT2D eigenvalue weighted by atomic mass is 32.1. The topological polar surface area (TPSA) is 26.0 Å². The van der Waals surface area contributed by atoms with Gasteiger partial charge < -0.3 is 0 Å². The Labute approximate surface area is 153 Å². The van der Waals surface area contributed by atoms with Crippen LogP contribution in [0.2, 0.25) is 0 Å². The largest absolute Gasteiger partial charge is 0.280 e. The van der Waals surface area contributed by atoms with Gasteiger partial charge in [-0.05, 0) is 60.8 Å². The summed E-state index contributed by atoms with van der Waals surface area (Å²) in [7, 11) is 0. The molecule has 1 aliphatic heterocycles. The monoisotopic (exact) mass is 350 g/mol. The molecule has 1 aliphatic rings. The molecule has 2 heterocycles. The molecule has 5 heteroatoms. The molecular formula is C20H22N4S. The molecule has 0 spiro atoms. The molecule has 4 rings (SSSR count). The number of rotatable bonds is 3. The lowest BCUT2D eigenvalue weighted by Gasteiger charge is -2.28. The van der Waals surface area contributed by atoms with Crippen LogP contribution in [0.15, 0.2) is 48.8 Å². The highest BCUT2D eigenvalue weighted by Gasteiger charge is 2.17. The zero-order valence-electron chi connectivity index (χ0n) is 14.6. The molecule has 0 atom stereocenters. The third-order valence-electron chi connectivity index (χ3n) is 4.90. The van der Waals surface area contributed by atoms with Gasteiger partial charge in [-0.15, -0.1) is 0 Å². The molecule has 128 valence electrons. The van der Waals surface area contributed by atoms with Gasteiger partial charge in [0.15, 0.2) is 0 Å². The minimum atomic E-state index is 0.727. The predicted octanol–water partition coefficient (Wildman–Crippen LogP) is 4.04. The number of hydrogen-bond donors (Lipinski definition) is 0. The molecule has 2 aromatic carbocycles. The summed E-state index contributed by atoms with van der Waals surface area (Å²) in [4.78, 5) is 2.40. The SMILES string of the molecule is Cc1ccc(C)c(-n2cnn(CN3CCc4ccccc4C3)c2=S)c1. The summed E-state index contributed by atoms with van der Waals surface area (Å²) in [6.07, 6.45) is 2.92. The van der Waals surface area contributed by atoms with Crippen molar-refractivity contribution in [2.24, 2.45) is 0 Å². The van der Waals surface area contributed by atoms with Crippen LogP contribution in [0.25, 0.3) is 5.69 Å². The van der Waals surface area contributed by atoms with Crippen LogP contribution in [-0.2, 0) is 19.6 Å². The van der Waals surface area contributed by atoms with Crippen molar-refractivity contribution >= 4 is 12.2 Å². The molecule has 4 nitrogen and oxygen atoms in total. The molecule has 0 unspecified atom stereocenters. The molecule has 3 aromatic rings. The van der Waals surface area contributed by atoms with Gasteiger partial charge in [0.2, 0.25) is 4.77 Å². The standard InChI is InChI=1S/C20H22N4S/c1-15-7-8-16(2)19(11-15)23-13-21-24(20(23)25)14-22-10-9-17-5-3-4-6-18(17)12-22/h3-8,11,13H,9-10,12,14H2,1-2H3. The second-order valence-electron chi connectivity index (χ2n) is 6.79. The number of fused-ring (bicyclic) bond motifs is 1. The van der Waals surface area contributed by atoms with Crippen LogP contribution >= 0.6 is 12.2 Å². The van der Waals surface area contributed by atoms with Gasteiger partial charge >= 0.3 is 0 Å². The quantitative estimate of drug-likeness (QED) is 0.667. The molecular weight excluding hydrogens is 328 g/mol. The number of benzene rings is 2. The summed E-state index contributed by atoms with van der Waals surface area (Å²) < 4.78 is 4.67. The molecule has 0 saturated carbocycles. The average molecular weight is 350 g/mol. The smallest absolute Gasteiger partial charge is 0.203 e. The van der Waals surface area contributed by atoms with Gasteiger partial charge in [-0.1, -0.05) is 36.4 Å². The Morgan fingerprint density at radius 2 is 1.88 bits per heavy atom. The van der Waals surface area contributed by atoms with E-state index in [0.29, 0.717) is 0 Å². The van der Waals surface area contributed by atoms with Crippen molar-refractivity contribution < 1.29 is 0 Å². The second-order valence-corrected chi connectivity index (χ2v) is 7.15. The van der Waals surface area contributed by atoms with Crippen LogP contribution in [0.3, 0.4) is 0 Å². The summed E-state index contributed by atoms with van der Waals surface area (Å²) in [6.45, 7) is 6.92. The fourth-order valence-electron chi connectivity index (χ4n) is 3.44. The van der Waals surface area contributed by atoms with Gasteiger partial charge in [0.25, 0.3) is 0 Å². The second kappa shape index (κ2) is 6.58. The van der Waals surface area contributed by atoms with Crippen molar-refractivity contribution in [3.8, 4) is 5.69 Å². The van der Waals surface area contributed by atoms with Crippen LogP contribution in [0.1, 0.15) is 22.3 Å². The van der Waals surface area contributed by atoms with E-state index in [1.54, 1.807) is 0 Å². The summed E-state index contributed by atoms with van der Waals surface area (Å²) in [6, 6.07) is 15.1. The van der Waals surface area contributed by atoms with Crippen LogP contribution in [0, 0.1) is 18.6 Å². The Hall–Kier alpha value is -2.24. The Balaban J connectivity index is 1.58. The number of hydrogen-bond acceptors (Lipinski definition) is 3. The first-order chi connectivity index (χ1) is 12.1. The van der Waals surface area contributed by atoms with Gasteiger partial charge in [0.05, 0.1) is 12.4 Å². The van der Waals surface area contributed by atoms with E-state index in [9.17, 15) is 0 Å². The molecule has 0 saturated heterocycles. The molecule has 0 amide bonds. The molecule has 25 heavy (non-hydrogen) atoms. The maximum atomic E-state index is 5.69. The first kappa shape index (κ1) is 16.2. The fourth-order valence-corrected chi connectivity index (χ4v) is 3.69. The Morgan fingerprint density at radius 3 is 2.72 bits per heavy atom. The van der Waals surface area contributed by atoms with Crippen LogP contribution in [-0.4, -0.2) is 25.8 Å². The lowest BCUT2D eigenvalue weighted by atomic mass is 10.0. The normalized spacial score (nSPS) is 14.5. The lowest BCUT2D eigenvalue weighted by molar-refractivity contribution is 0.188. The van der Waals surface area contributed by atoms with Crippen LogP contribution in [0.5, 0.6) is 0 Å². The molecule has 0 radical (unpaired) electrons. The maximum Gasteiger partial charge on any atom is 0.203 e. The minimum Gasteiger partial charge on any atom is -0.280 e. The Kier molecular flexibility index (Phi) is 4.27. The predicted molar refractivity (Wildman–Crippen MR) is 102 cm³/mol. The lowest BCUT2D eigenvalue weighted by Crippen LogP contribution is -2.32. The van der Waals surface area contributed by atoms with Gasteiger partial charge in [-0.2, -0.15) is 5.10 Å². The van der Waals surface area contributed by atoms with Crippen molar-refractivity contribution in [2.75, 3.05) is 6.54 Å². The molecule has 0 fully saturated rings. The van der Waals surface area contributed by atoms with E-state index >= 15 is 0 Å². The number of aromatic nitrogens is 3. The third-order valence-corrected chi connectivity index (χ3v) is 5.31. The van der Waals surface area contributed by atoms with E-state index < -0.39 is 0 Å². The van der Waals surface area contributed by atoms with E-state index in [4.69, 9.17) is 12.2 Å². The highest BCUT2D eigenvalue weighted by molar-refractivity contribution is 7.71. The maximum absolute atomic E-state index is 5.69. The third kappa shape index (κ3) is 3.17. The Morgan fingerprint density at radius 1 is 1.08 bits per heavy atom. The van der Waals surface area contributed by atoms with Gasteiger partial charge in [-0.25, -0.2) is 4.68 Å². The van der Waals surface area contributed by atoms with Crippen LogP contribution < -0.4 is 0 Å².